The number of hydrogen-bond acceptors (Lipinski definition) is 4. The van der Waals surface area contributed by atoms with E-state index in [1.807, 2.05) is 0 Å². The lowest BCUT2D eigenvalue weighted by Gasteiger charge is -2.00. The largest absolute Gasteiger partial charge is 0.504 e. The summed E-state index contributed by atoms with van der Waals surface area (Å²) >= 11 is -0.0156. The quantitative estimate of drug-likeness (QED) is 0.496. The molecule has 0 aliphatic carbocycles. The van der Waals surface area contributed by atoms with Crippen LogP contribution in [0.25, 0.3) is 0 Å². The van der Waals surface area contributed by atoms with Crippen molar-refractivity contribution in [3.05, 3.63) is 31.2 Å². The summed E-state index contributed by atoms with van der Waals surface area (Å²) in [4.78, 5) is 5.60. The number of aromatic nitrogens is 2. The van der Waals surface area contributed by atoms with E-state index in [4.69, 9.17) is 0 Å². The molecule has 4 nitrogen and oxygen atoms in total. The lowest BCUT2D eigenvalue weighted by Crippen LogP contribution is -2.21. The smallest absolute Gasteiger partial charge is 0.331 e. The van der Waals surface area contributed by atoms with Gasteiger partial charge in [-0.3, -0.25) is 0 Å². The molecule has 0 saturated carbocycles. The molecule has 5 heteroatoms. The second kappa shape index (κ2) is 2.98. The number of nitrogens with zero attached hydrogens (tertiary/aromatic N) is 2. The molecule has 1 unspecified atom stereocenters. The zero-order valence-corrected chi connectivity index (χ0v) is 6.41. The van der Waals surface area contributed by atoms with Crippen molar-refractivity contribution in [2.24, 2.45) is 0 Å². The van der Waals surface area contributed by atoms with Crippen LogP contribution in [0.4, 0.5) is 0 Å². The van der Waals surface area contributed by atoms with Crippen LogP contribution in [-0.2, 0) is 20.8 Å². The first kappa shape index (κ1) is 8.16. The second-order valence-corrected chi connectivity index (χ2v) is 2.80. The van der Waals surface area contributed by atoms with E-state index in [0.29, 0.717) is 0 Å². The summed E-state index contributed by atoms with van der Waals surface area (Å²) in [5, 5.41) is 9.24. The van der Waals surface area contributed by atoms with Gasteiger partial charge in [-0.05, 0) is 6.07 Å². The molecule has 0 fully saturated rings. The van der Waals surface area contributed by atoms with Gasteiger partial charge in [-0.25, -0.2) is 9.97 Å². The van der Waals surface area contributed by atoms with Gasteiger partial charge in [0.05, 0.1) is 6.92 Å². The topological polar surface area (TPSA) is 63.1 Å². The molecule has 0 aliphatic heterocycles. The molecule has 1 atom stereocenters. The first-order valence-corrected chi connectivity index (χ1v) is 3.56. The Bertz CT molecular complexity index is 250. The van der Waals surface area contributed by atoms with Crippen LogP contribution in [0.5, 0.6) is 0 Å². The van der Waals surface area contributed by atoms with E-state index >= 15 is 0 Å². The fourth-order valence-electron chi connectivity index (χ4n) is 0.564. The maximum Gasteiger partial charge on any atom is 0.504 e. The average Bonchev–Trinajstić information content (AvgIpc) is 2.06. The highest BCUT2D eigenvalue weighted by atomic mass is 32.1. The Kier molecular flexibility index (Phi) is 2.21. The van der Waals surface area contributed by atoms with Gasteiger partial charge < -0.3 is 5.11 Å². The van der Waals surface area contributed by atoms with Crippen molar-refractivity contribution in [2.75, 3.05) is 0 Å². The molecule has 57 valence electrons. The van der Waals surface area contributed by atoms with E-state index in [9.17, 15) is 9.32 Å². The van der Waals surface area contributed by atoms with E-state index in [1.54, 1.807) is 0 Å². The molecule has 0 saturated heterocycles. The molecule has 1 N–H and O–H groups in total. The van der Waals surface area contributed by atoms with E-state index in [1.165, 1.54) is 18.6 Å². The second-order valence-electron chi connectivity index (χ2n) is 1.96. The van der Waals surface area contributed by atoms with Crippen LogP contribution in [0.2, 0.25) is 0 Å². The van der Waals surface area contributed by atoms with Crippen molar-refractivity contribution in [3.63, 3.8) is 0 Å². The van der Waals surface area contributed by atoms with Crippen LogP contribution in [0.1, 0.15) is 5.69 Å². The molecule has 1 aromatic rings. The highest BCUT2D eigenvalue weighted by Gasteiger charge is 2.40. The molecule has 1 aromatic heterocycles. The van der Waals surface area contributed by atoms with E-state index < -0.39 is 4.93 Å². The Morgan fingerprint density at radius 1 is 1.73 bits per heavy atom. The van der Waals surface area contributed by atoms with Gasteiger partial charge in [0.2, 0.25) is 0 Å². The molecule has 0 bridgehead atoms. The molecular formula is C6H6N2O2S+. The first-order chi connectivity index (χ1) is 5.17. The Labute approximate surface area is 67.8 Å². The normalized spacial score (nSPS) is 15.5. The van der Waals surface area contributed by atoms with Crippen LogP contribution in [-0.4, -0.2) is 15.1 Å². The Balaban J connectivity index is 3.02. The summed E-state index contributed by atoms with van der Waals surface area (Å²) in [5.74, 6) is 0. The third-order valence-electron chi connectivity index (χ3n) is 1.12. The van der Waals surface area contributed by atoms with Gasteiger partial charge >= 0.3 is 16.6 Å². The highest BCUT2D eigenvalue weighted by Crippen LogP contribution is 2.14. The minimum Gasteiger partial charge on any atom is -0.331 e. The van der Waals surface area contributed by atoms with Gasteiger partial charge in [0.1, 0.15) is 12.0 Å². The predicted molar refractivity (Wildman–Crippen MR) is 39.3 cm³/mol. The molecule has 0 spiro atoms. The Morgan fingerprint density at radius 3 is 2.91 bits per heavy atom. The van der Waals surface area contributed by atoms with Crippen LogP contribution in [0.3, 0.4) is 0 Å². The van der Waals surface area contributed by atoms with Crippen LogP contribution < -0.4 is 0 Å². The molecule has 0 amide bonds. The van der Waals surface area contributed by atoms with E-state index in [2.05, 4.69) is 16.9 Å². The van der Waals surface area contributed by atoms with E-state index in [-0.39, 0.29) is 17.4 Å². The third kappa shape index (κ3) is 1.75. The standard InChI is InChI=1S/C6H6N2O2S/c1-6(9,11-10)5-2-3-7-4-8-5/h2-4,9H,1H2/q+1. The molecule has 11 heavy (non-hydrogen) atoms. The highest BCUT2D eigenvalue weighted by molar-refractivity contribution is 7.66. The number of hydrogen-bond donors (Lipinski definition) is 1. The minimum absolute atomic E-state index is 0.0156. The van der Waals surface area contributed by atoms with Gasteiger partial charge in [-0.2, -0.15) is 0 Å². The molecule has 1 rings (SSSR count). The number of rotatable bonds is 2. The average molecular weight is 170 g/mol. The Morgan fingerprint density at radius 2 is 2.45 bits per heavy atom. The summed E-state index contributed by atoms with van der Waals surface area (Å²) in [5.41, 5.74) is 0.215. The molecule has 0 aromatic carbocycles. The van der Waals surface area contributed by atoms with Gasteiger partial charge in [0.15, 0.2) is 0 Å². The van der Waals surface area contributed by atoms with Gasteiger partial charge in [0, 0.05) is 10.4 Å². The summed E-state index contributed by atoms with van der Waals surface area (Å²) < 4.78 is 10.3. The van der Waals surface area contributed by atoms with Crippen molar-refractivity contribution >= 4 is 11.7 Å². The summed E-state index contributed by atoms with van der Waals surface area (Å²) in [6.45, 7) is 3.27. The lowest BCUT2D eigenvalue weighted by atomic mass is 10.3. The van der Waals surface area contributed by atoms with E-state index in [0.717, 1.165) is 0 Å². The summed E-state index contributed by atoms with van der Waals surface area (Å²) in [6, 6.07) is 1.44. The van der Waals surface area contributed by atoms with Crippen LogP contribution in [0, 0.1) is 6.92 Å². The van der Waals surface area contributed by atoms with Gasteiger partial charge in [-0.15, -0.1) is 0 Å². The van der Waals surface area contributed by atoms with Crippen LogP contribution >= 0.6 is 0 Å². The third-order valence-corrected chi connectivity index (χ3v) is 1.60. The summed E-state index contributed by atoms with van der Waals surface area (Å²) in [6.07, 6.45) is 2.69. The SMILES string of the molecule is [CH2]C(O)([S+]=O)c1ccncn1. The maximum atomic E-state index is 10.3. The van der Waals surface area contributed by atoms with Crippen molar-refractivity contribution < 1.29 is 9.32 Å². The fraction of sp³-hybridized carbons (Fsp3) is 0.167. The molecule has 1 heterocycles. The number of aliphatic hydroxyl groups is 1. The van der Waals surface area contributed by atoms with Gasteiger partial charge in [-0.1, -0.05) is 0 Å². The summed E-state index contributed by atoms with van der Waals surface area (Å²) in [7, 11) is 0. The van der Waals surface area contributed by atoms with Crippen molar-refractivity contribution in [1.82, 2.24) is 9.97 Å². The zero-order valence-electron chi connectivity index (χ0n) is 5.60. The maximum absolute atomic E-state index is 10.3. The Hall–Kier alpha value is -0.940. The fourth-order valence-corrected chi connectivity index (χ4v) is 0.771. The zero-order chi connectivity index (χ0) is 8.32. The van der Waals surface area contributed by atoms with Crippen molar-refractivity contribution in [1.29, 1.82) is 0 Å². The van der Waals surface area contributed by atoms with Crippen LogP contribution in [0.15, 0.2) is 18.6 Å². The van der Waals surface area contributed by atoms with Crippen molar-refractivity contribution in [2.45, 2.75) is 4.93 Å². The predicted octanol–water partition coefficient (Wildman–Crippen LogP) is -0.116. The molecule has 1 radical (unpaired) electrons. The van der Waals surface area contributed by atoms with Crippen molar-refractivity contribution in [3.8, 4) is 0 Å². The lowest BCUT2D eigenvalue weighted by molar-refractivity contribution is 0.177. The minimum atomic E-state index is -1.71. The monoisotopic (exact) mass is 170 g/mol. The molecular weight excluding hydrogens is 164 g/mol. The molecule has 0 aliphatic rings. The first-order valence-electron chi connectivity index (χ1n) is 2.82. The van der Waals surface area contributed by atoms with Gasteiger partial charge in [0.25, 0.3) is 0 Å².